The molecule has 336 valence electrons. The summed E-state index contributed by atoms with van der Waals surface area (Å²) in [6, 6.07) is -3.04. The average molecular weight is 841 g/mol. The van der Waals surface area contributed by atoms with Gasteiger partial charge in [-0.3, -0.25) is 0 Å². The first-order chi connectivity index (χ1) is 27.2. The third kappa shape index (κ3) is 14.5. The molecule has 2 saturated heterocycles. The standard InChI is InChI=1S/C41H68N4O14/c1-14-20-51-30-25(22-42-33(47)56-37(2,3)4)52-32(26(27(30)46)45-36(50)59-40(11,12)13)53-28-23(43-34(48)57-38(5,6)7)21-24(44-35(49)58-39(8,9)10)29-31(28)55-41(54-29)18-16-15-17-19-41/h1,23-32,46H,15-22H2,2-13H3,(H,42,47)(H,43,48)(H,44,49)(H,45,50)/t23-,24+,25+,26+,27+,28+,29-,30+,31-,32+/m0/s1. The van der Waals surface area contributed by atoms with Gasteiger partial charge >= 0.3 is 24.4 Å². The van der Waals surface area contributed by atoms with Crippen molar-refractivity contribution < 1.29 is 66.9 Å². The molecule has 0 unspecified atom stereocenters. The molecule has 2 heterocycles. The Morgan fingerprint density at radius 1 is 0.695 bits per heavy atom. The molecule has 18 heteroatoms. The van der Waals surface area contributed by atoms with E-state index in [-0.39, 0.29) is 19.6 Å². The number of aliphatic hydroxyl groups excluding tert-OH is 1. The van der Waals surface area contributed by atoms with E-state index in [0.29, 0.717) is 12.8 Å². The van der Waals surface area contributed by atoms with Gasteiger partial charge in [-0.1, -0.05) is 12.3 Å². The van der Waals surface area contributed by atoms with Crippen LogP contribution < -0.4 is 21.3 Å². The zero-order chi connectivity index (χ0) is 44.1. The minimum atomic E-state index is -1.55. The van der Waals surface area contributed by atoms with Crippen LogP contribution in [-0.2, 0) is 42.6 Å². The van der Waals surface area contributed by atoms with Crippen LogP contribution in [0, 0.1) is 12.3 Å². The molecule has 0 aromatic carbocycles. The molecular formula is C41H68N4O14. The lowest BCUT2D eigenvalue weighted by Gasteiger charge is -2.48. The fourth-order valence-electron chi connectivity index (χ4n) is 7.49. The molecule has 0 aromatic rings. The lowest BCUT2D eigenvalue weighted by Crippen LogP contribution is -2.70. The van der Waals surface area contributed by atoms with Crippen molar-refractivity contribution in [3.8, 4) is 12.3 Å². The molecule has 4 aliphatic rings. The summed E-state index contributed by atoms with van der Waals surface area (Å²) < 4.78 is 55.0. The number of aliphatic hydroxyl groups is 1. The summed E-state index contributed by atoms with van der Waals surface area (Å²) in [6.45, 7) is 20.1. The molecule has 0 aromatic heterocycles. The van der Waals surface area contributed by atoms with Gasteiger partial charge in [0.1, 0.15) is 71.7 Å². The molecule has 4 fully saturated rings. The van der Waals surface area contributed by atoms with E-state index in [0.717, 1.165) is 19.3 Å². The van der Waals surface area contributed by atoms with Crippen LogP contribution in [-0.4, -0.2) is 132 Å². The average Bonchev–Trinajstić information content (AvgIpc) is 3.42. The summed E-state index contributed by atoms with van der Waals surface area (Å²) in [5.74, 6) is 1.36. The maximum absolute atomic E-state index is 13.5. The topological polar surface area (TPSA) is 220 Å². The third-order valence-corrected chi connectivity index (χ3v) is 9.52. The van der Waals surface area contributed by atoms with Crippen LogP contribution in [0.4, 0.5) is 19.2 Å². The van der Waals surface area contributed by atoms with Gasteiger partial charge in [0.25, 0.3) is 0 Å². The highest BCUT2D eigenvalue weighted by atomic mass is 16.8. The van der Waals surface area contributed by atoms with E-state index in [9.17, 15) is 24.3 Å². The Labute approximate surface area is 348 Å². The maximum Gasteiger partial charge on any atom is 0.408 e. The molecule has 2 aliphatic carbocycles. The smallest absolute Gasteiger partial charge is 0.408 e. The minimum absolute atomic E-state index is 0.0563. The van der Waals surface area contributed by atoms with Crippen molar-refractivity contribution in [3.63, 3.8) is 0 Å². The zero-order valence-corrected chi connectivity index (χ0v) is 36.8. The maximum atomic E-state index is 13.5. The van der Waals surface area contributed by atoms with Crippen molar-refractivity contribution >= 4 is 24.4 Å². The SMILES string of the molecule is C#CCO[C@H]1[C@H](O)[C@@H](NC(=O)OC(C)(C)C)[C@@H](O[C@H]2[C@@H]3OC4(CCCCC4)O[C@H]3[C@H](NC(=O)OC(C)(C)C)C[C@@H]2NC(=O)OC(C)(C)C)O[C@@H]1CNC(=O)OC(C)(C)C. The number of hydrogen-bond donors (Lipinski definition) is 5. The van der Waals surface area contributed by atoms with Crippen molar-refractivity contribution in [1.82, 2.24) is 21.3 Å². The van der Waals surface area contributed by atoms with Gasteiger partial charge in [-0.2, -0.15) is 0 Å². The van der Waals surface area contributed by atoms with Crippen LogP contribution in [0.2, 0.25) is 0 Å². The molecule has 10 atom stereocenters. The predicted molar refractivity (Wildman–Crippen MR) is 212 cm³/mol. The number of nitrogens with one attached hydrogen (secondary N) is 4. The van der Waals surface area contributed by atoms with Gasteiger partial charge in [0.05, 0.1) is 12.1 Å². The van der Waals surface area contributed by atoms with E-state index in [1.54, 1.807) is 83.1 Å². The summed E-state index contributed by atoms with van der Waals surface area (Å²) >= 11 is 0. The molecule has 1 spiro atoms. The van der Waals surface area contributed by atoms with Crippen LogP contribution in [0.25, 0.3) is 0 Å². The highest BCUT2D eigenvalue weighted by Crippen LogP contribution is 2.46. The van der Waals surface area contributed by atoms with Crippen LogP contribution in [0.3, 0.4) is 0 Å². The first-order valence-electron chi connectivity index (χ1n) is 20.5. The quantitative estimate of drug-likeness (QED) is 0.159. The Hall–Kier alpha value is -3.60. The van der Waals surface area contributed by atoms with Gasteiger partial charge in [0.2, 0.25) is 0 Å². The van der Waals surface area contributed by atoms with E-state index in [2.05, 4.69) is 27.2 Å². The normalized spacial score (nSPS) is 30.8. The second-order valence-electron chi connectivity index (χ2n) is 19.5. The van der Waals surface area contributed by atoms with E-state index in [1.165, 1.54) is 0 Å². The first kappa shape index (κ1) is 48.1. The monoisotopic (exact) mass is 840 g/mol. The Kier molecular flexibility index (Phi) is 15.5. The number of amides is 4. The lowest BCUT2D eigenvalue weighted by molar-refractivity contribution is -0.296. The van der Waals surface area contributed by atoms with E-state index in [4.69, 9.17) is 49.1 Å². The van der Waals surface area contributed by atoms with Crippen molar-refractivity contribution in [2.45, 2.75) is 211 Å². The Morgan fingerprint density at radius 2 is 1.19 bits per heavy atom. The van der Waals surface area contributed by atoms with Crippen molar-refractivity contribution in [1.29, 1.82) is 0 Å². The van der Waals surface area contributed by atoms with Crippen molar-refractivity contribution in [2.24, 2.45) is 0 Å². The minimum Gasteiger partial charge on any atom is -0.444 e. The molecule has 0 bridgehead atoms. The predicted octanol–water partition coefficient (Wildman–Crippen LogP) is 4.53. The Bertz CT molecular complexity index is 1500. The third-order valence-electron chi connectivity index (χ3n) is 9.52. The molecule has 2 saturated carbocycles. The van der Waals surface area contributed by atoms with Gasteiger partial charge in [-0.15, -0.1) is 6.42 Å². The number of fused-ring (bicyclic) bond motifs is 1. The number of terminal acetylenes is 1. The van der Waals surface area contributed by atoms with Gasteiger partial charge in [-0.05, 0) is 102 Å². The van der Waals surface area contributed by atoms with Crippen LogP contribution in [0.1, 0.15) is 122 Å². The molecule has 4 rings (SSSR count). The number of rotatable bonds is 9. The number of carbonyl (C=O) groups is 4. The van der Waals surface area contributed by atoms with E-state index >= 15 is 0 Å². The van der Waals surface area contributed by atoms with Gasteiger partial charge in [0.15, 0.2) is 12.1 Å². The van der Waals surface area contributed by atoms with E-state index < -0.39 is 114 Å². The fourth-order valence-corrected chi connectivity index (χ4v) is 7.49. The van der Waals surface area contributed by atoms with Crippen LogP contribution in [0.5, 0.6) is 0 Å². The fraction of sp³-hybridized carbons (Fsp3) is 0.854. The Morgan fingerprint density at radius 3 is 1.71 bits per heavy atom. The van der Waals surface area contributed by atoms with Crippen LogP contribution >= 0.6 is 0 Å². The molecule has 0 radical (unpaired) electrons. The number of carbonyl (C=O) groups excluding carboxylic acids is 4. The second-order valence-corrected chi connectivity index (χ2v) is 19.5. The van der Waals surface area contributed by atoms with Crippen molar-refractivity contribution in [3.05, 3.63) is 0 Å². The number of ether oxygens (including phenoxy) is 9. The summed E-state index contributed by atoms with van der Waals surface area (Å²) in [4.78, 5) is 52.9. The molecular weight excluding hydrogens is 772 g/mol. The molecule has 5 N–H and O–H groups in total. The summed E-state index contributed by atoms with van der Waals surface area (Å²) in [7, 11) is 0. The second kappa shape index (κ2) is 19.0. The highest BCUT2D eigenvalue weighted by molar-refractivity contribution is 5.70. The van der Waals surface area contributed by atoms with Gasteiger partial charge in [-0.25, -0.2) is 19.2 Å². The molecule has 4 amide bonds. The lowest BCUT2D eigenvalue weighted by atomic mass is 9.83. The van der Waals surface area contributed by atoms with E-state index in [1.807, 2.05) is 0 Å². The van der Waals surface area contributed by atoms with Crippen molar-refractivity contribution in [2.75, 3.05) is 13.2 Å². The highest BCUT2D eigenvalue weighted by Gasteiger charge is 2.60. The summed E-state index contributed by atoms with van der Waals surface area (Å²) in [5, 5.41) is 23.2. The molecule has 59 heavy (non-hydrogen) atoms. The molecule has 18 nitrogen and oxygen atoms in total. The molecule has 2 aliphatic heterocycles. The number of alkyl carbamates (subject to hydrolysis) is 4. The largest absolute Gasteiger partial charge is 0.444 e. The van der Waals surface area contributed by atoms with Crippen LogP contribution in [0.15, 0.2) is 0 Å². The first-order valence-corrected chi connectivity index (χ1v) is 20.5. The van der Waals surface area contributed by atoms with Gasteiger partial charge in [0, 0.05) is 19.4 Å². The number of hydrogen-bond acceptors (Lipinski definition) is 14. The van der Waals surface area contributed by atoms with Gasteiger partial charge < -0.3 is 69.0 Å². The zero-order valence-electron chi connectivity index (χ0n) is 36.8. The summed E-state index contributed by atoms with van der Waals surface area (Å²) in [6.07, 6.45) is -1.94. The Balaban J connectivity index is 1.77. The summed E-state index contributed by atoms with van der Waals surface area (Å²) in [5.41, 5.74) is -3.40.